The van der Waals surface area contributed by atoms with Gasteiger partial charge in [-0.3, -0.25) is 10.6 Å². The van der Waals surface area contributed by atoms with E-state index in [1.165, 1.54) is 12.8 Å². The number of nitrogens with two attached hydrogens (primary N) is 1. The molecule has 4 N–H and O–H groups in total. The molecule has 1 aromatic rings. The molecule has 1 heterocycles. The summed E-state index contributed by atoms with van der Waals surface area (Å²) < 4.78 is 0. The molecule has 20 heavy (non-hydrogen) atoms. The second-order valence-corrected chi connectivity index (χ2v) is 5.53. The quantitative estimate of drug-likeness (QED) is 0.576. The van der Waals surface area contributed by atoms with Gasteiger partial charge in [0.2, 0.25) is 0 Å². The number of hydrogen-bond acceptors (Lipinski definition) is 4. The van der Waals surface area contributed by atoms with E-state index in [4.69, 9.17) is 5.84 Å². The molecule has 1 aliphatic heterocycles. The molecular weight excluding hydrogens is 252 g/mol. The summed E-state index contributed by atoms with van der Waals surface area (Å²) in [5.74, 6) is 5.41. The summed E-state index contributed by atoms with van der Waals surface area (Å²) in [5.41, 5.74) is 4.92. The SMILES string of the molecule is Cc1ccc(C(=O)NCC2CCCCN2C)c(NN)c1. The average molecular weight is 276 g/mol. The third-order valence-corrected chi connectivity index (χ3v) is 3.99. The second kappa shape index (κ2) is 6.72. The molecule has 5 nitrogen and oxygen atoms in total. The predicted molar refractivity (Wildman–Crippen MR) is 81.6 cm³/mol. The Morgan fingerprint density at radius 2 is 2.25 bits per heavy atom. The molecule has 0 aliphatic carbocycles. The lowest BCUT2D eigenvalue weighted by Gasteiger charge is -2.32. The number of likely N-dealkylation sites (tertiary alicyclic amines) is 1. The molecule has 1 saturated heterocycles. The zero-order chi connectivity index (χ0) is 14.5. The molecule has 0 radical (unpaired) electrons. The summed E-state index contributed by atoms with van der Waals surface area (Å²) >= 11 is 0. The van der Waals surface area contributed by atoms with Crippen LogP contribution in [0.1, 0.15) is 35.2 Å². The van der Waals surface area contributed by atoms with Crippen molar-refractivity contribution in [3.8, 4) is 0 Å². The van der Waals surface area contributed by atoms with Crippen LogP contribution in [0.2, 0.25) is 0 Å². The number of hydrazine groups is 1. The Bertz CT molecular complexity index is 475. The van der Waals surface area contributed by atoms with E-state index < -0.39 is 0 Å². The van der Waals surface area contributed by atoms with Crippen molar-refractivity contribution in [2.24, 2.45) is 5.84 Å². The van der Waals surface area contributed by atoms with Gasteiger partial charge in [-0.2, -0.15) is 0 Å². The Kier molecular flexibility index (Phi) is 4.98. The third kappa shape index (κ3) is 3.49. The van der Waals surface area contributed by atoms with E-state index in [0.29, 0.717) is 23.8 Å². The van der Waals surface area contributed by atoms with Crippen molar-refractivity contribution in [1.29, 1.82) is 0 Å². The number of likely N-dealkylation sites (N-methyl/N-ethyl adjacent to an activating group) is 1. The first-order valence-electron chi connectivity index (χ1n) is 7.17. The maximum absolute atomic E-state index is 12.3. The molecule has 110 valence electrons. The number of benzene rings is 1. The van der Waals surface area contributed by atoms with Crippen LogP contribution in [-0.4, -0.2) is 37.0 Å². The van der Waals surface area contributed by atoms with Gasteiger partial charge in [-0.05, 0) is 51.1 Å². The Morgan fingerprint density at radius 3 is 2.95 bits per heavy atom. The van der Waals surface area contributed by atoms with Crippen LogP contribution in [0.25, 0.3) is 0 Å². The molecule has 2 rings (SSSR count). The molecule has 1 atom stereocenters. The smallest absolute Gasteiger partial charge is 0.253 e. The van der Waals surface area contributed by atoms with Gasteiger partial charge in [-0.15, -0.1) is 0 Å². The Balaban J connectivity index is 1.98. The van der Waals surface area contributed by atoms with Gasteiger partial charge in [0.1, 0.15) is 0 Å². The first-order valence-corrected chi connectivity index (χ1v) is 7.17. The molecule has 5 heteroatoms. The highest BCUT2D eigenvalue weighted by Gasteiger charge is 2.20. The van der Waals surface area contributed by atoms with Crippen molar-refractivity contribution in [3.05, 3.63) is 29.3 Å². The van der Waals surface area contributed by atoms with E-state index in [-0.39, 0.29) is 5.91 Å². The fourth-order valence-electron chi connectivity index (χ4n) is 2.68. The molecule has 0 aromatic heterocycles. The van der Waals surface area contributed by atoms with E-state index in [1.807, 2.05) is 25.1 Å². The fourth-order valence-corrected chi connectivity index (χ4v) is 2.68. The third-order valence-electron chi connectivity index (χ3n) is 3.99. The van der Waals surface area contributed by atoms with Crippen molar-refractivity contribution < 1.29 is 4.79 Å². The van der Waals surface area contributed by atoms with Crippen LogP contribution in [-0.2, 0) is 0 Å². The molecule has 1 aromatic carbocycles. The van der Waals surface area contributed by atoms with Crippen molar-refractivity contribution in [1.82, 2.24) is 10.2 Å². The number of carbonyl (C=O) groups excluding carboxylic acids is 1. The highest BCUT2D eigenvalue weighted by Crippen LogP contribution is 2.17. The number of hydrogen-bond donors (Lipinski definition) is 3. The van der Waals surface area contributed by atoms with Gasteiger partial charge in [0, 0.05) is 12.6 Å². The number of aryl methyl sites for hydroxylation is 1. The van der Waals surface area contributed by atoms with E-state index in [9.17, 15) is 4.79 Å². The van der Waals surface area contributed by atoms with E-state index in [0.717, 1.165) is 18.5 Å². The number of nitrogens with one attached hydrogen (secondary N) is 2. The minimum absolute atomic E-state index is 0.0723. The monoisotopic (exact) mass is 276 g/mol. The van der Waals surface area contributed by atoms with Gasteiger partial charge >= 0.3 is 0 Å². The number of piperidine rings is 1. The number of nitrogens with zero attached hydrogens (tertiary/aromatic N) is 1. The number of amides is 1. The fraction of sp³-hybridized carbons (Fsp3) is 0.533. The highest BCUT2D eigenvalue weighted by molar-refractivity contribution is 5.99. The maximum atomic E-state index is 12.3. The summed E-state index contributed by atoms with van der Waals surface area (Å²) in [7, 11) is 2.12. The maximum Gasteiger partial charge on any atom is 0.253 e. The first kappa shape index (κ1) is 14.8. The Hall–Kier alpha value is -1.59. The Morgan fingerprint density at radius 1 is 1.45 bits per heavy atom. The Labute approximate surface area is 120 Å². The summed E-state index contributed by atoms with van der Waals surface area (Å²) in [5, 5.41) is 3.02. The average Bonchev–Trinajstić information content (AvgIpc) is 2.46. The van der Waals surface area contributed by atoms with Crippen LogP contribution >= 0.6 is 0 Å². The number of anilines is 1. The molecule has 1 unspecified atom stereocenters. The number of nitrogen functional groups attached to an aromatic ring is 1. The van der Waals surface area contributed by atoms with Gasteiger partial charge in [-0.25, -0.2) is 0 Å². The molecule has 1 aliphatic rings. The zero-order valence-electron chi connectivity index (χ0n) is 12.3. The molecule has 0 saturated carbocycles. The van der Waals surface area contributed by atoms with Gasteiger partial charge < -0.3 is 15.6 Å². The standard InChI is InChI=1S/C15H24N4O/c1-11-6-7-13(14(9-11)18-16)15(20)17-10-12-5-3-4-8-19(12)2/h6-7,9,12,18H,3-5,8,10,16H2,1-2H3,(H,17,20). The van der Waals surface area contributed by atoms with Crippen LogP contribution in [0, 0.1) is 6.92 Å². The van der Waals surface area contributed by atoms with E-state index in [1.54, 1.807) is 0 Å². The summed E-state index contributed by atoms with van der Waals surface area (Å²) in [4.78, 5) is 14.6. The van der Waals surface area contributed by atoms with Crippen LogP contribution in [0.3, 0.4) is 0 Å². The van der Waals surface area contributed by atoms with Crippen molar-refractivity contribution in [3.63, 3.8) is 0 Å². The van der Waals surface area contributed by atoms with Crippen molar-refractivity contribution in [2.75, 3.05) is 25.6 Å². The summed E-state index contributed by atoms with van der Waals surface area (Å²) in [6.45, 7) is 3.77. The first-order chi connectivity index (χ1) is 9.61. The molecule has 1 fully saturated rings. The van der Waals surface area contributed by atoms with Gasteiger partial charge in [0.05, 0.1) is 11.3 Å². The van der Waals surface area contributed by atoms with Crippen LogP contribution in [0.15, 0.2) is 18.2 Å². The lowest BCUT2D eigenvalue weighted by molar-refractivity contribution is 0.0929. The van der Waals surface area contributed by atoms with Gasteiger partial charge in [-0.1, -0.05) is 12.5 Å². The molecule has 0 spiro atoms. The van der Waals surface area contributed by atoms with Gasteiger partial charge in [0.15, 0.2) is 0 Å². The lowest BCUT2D eigenvalue weighted by atomic mass is 10.0. The van der Waals surface area contributed by atoms with Gasteiger partial charge in [0.25, 0.3) is 5.91 Å². The predicted octanol–water partition coefficient (Wildman–Crippen LogP) is 1.49. The van der Waals surface area contributed by atoms with Crippen molar-refractivity contribution in [2.45, 2.75) is 32.2 Å². The topological polar surface area (TPSA) is 70.4 Å². The van der Waals surface area contributed by atoms with E-state index in [2.05, 4.69) is 22.7 Å². The summed E-state index contributed by atoms with van der Waals surface area (Å²) in [6, 6.07) is 6.04. The van der Waals surface area contributed by atoms with E-state index >= 15 is 0 Å². The number of carbonyl (C=O) groups is 1. The normalized spacial score (nSPS) is 19.6. The van der Waals surface area contributed by atoms with Crippen LogP contribution in [0.5, 0.6) is 0 Å². The van der Waals surface area contributed by atoms with Crippen LogP contribution < -0.4 is 16.6 Å². The molecule has 0 bridgehead atoms. The molecule has 1 amide bonds. The lowest BCUT2D eigenvalue weighted by Crippen LogP contribution is -2.44. The minimum atomic E-state index is -0.0723. The second-order valence-electron chi connectivity index (χ2n) is 5.53. The molecular formula is C15H24N4O. The minimum Gasteiger partial charge on any atom is -0.350 e. The highest BCUT2D eigenvalue weighted by atomic mass is 16.1. The van der Waals surface area contributed by atoms with Crippen LogP contribution in [0.4, 0.5) is 5.69 Å². The van der Waals surface area contributed by atoms with Crippen molar-refractivity contribution >= 4 is 11.6 Å². The summed E-state index contributed by atoms with van der Waals surface area (Å²) in [6.07, 6.45) is 3.64. The number of rotatable bonds is 4. The largest absolute Gasteiger partial charge is 0.350 e. The zero-order valence-corrected chi connectivity index (χ0v) is 12.3.